The van der Waals surface area contributed by atoms with Crippen LogP contribution in [0.15, 0.2) is 66.3 Å². The number of amides is 1. The molecule has 30 heavy (non-hydrogen) atoms. The van der Waals surface area contributed by atoms with Crippen molar-refractivity contribution in [1.29, 1.82) is 0 Å². The Bertz CT molecular complexity index is 1000. The fourth-order valence-electron chi connectivity index (χ4n) is 2.86. The molecule has 0 atom stereocenters. The van der Waals surface area contributed by atoms with Gasteiger partial charge >= 0.3 is 0 Å². The third kappa shape index (κ3) is 5.21. The van der Waals surface area contributed by atoms with E-state index in [1.807, 2.05) is 53.1 Å². The number of ether oxygens (including phenoxy) is 2. The van der Waals surface area contributed by atoms with Crippen molar-refractivity contribution in [2.75, 3.05) is 20.0 Å². The molecule has 0 aliphatic heterocycles. The van der Waals surface area contributed by atoms with Crippen molar-refractivity contribution in [3.8, 4) is 22.9 Å². The molecular weight excluding hydrogens is 400 g/mol. The van der Waals surface area contributed by atoms with E-state index in [4.69, 9.17) is 9.47 Å². The Balaban J connectivity index is 1.61. The lowest BCUT2D eigenvalue weighted by Gasteiger charge is -2.10. The highest BCUT2D eigenvalue weighted by Crippen LogP contribution is 2.27. The van der Waals surface area contributed by atoms with Crippen LogP contribution in [0.2, 0.25) is 0 Å². The summed E-state index contributed by atoms with van der Waals surface area (Å²) in [7, 11) is 3.17. The van der Waals surface area contributed by atoms with Gasteiger partial charge < -0.3 is 14.8 Å². The fraction of sp³-hybridized carbons (Fsp3) is 0.227. The summed E-state index contributed by atoms with van der Waals surface area (Å²) in [5.74, 6) is 2.17. The SMILES string of the molecule is C=CCn1c(SCC(=O)NCc2ccc(OC)c(OC)c2)nnc1-c1ccccc1. The zero-order valence-corrected chi connectivity index (χ0v) is 17.8. The Morgan fingerprint density at radius 3 is 2.60 bits per heavy atom. The van der Waals surface area contributed by atoms with E-state index in [-0.39, 0.29) is 11.7 Å². The molecule has 0 saturated heterocycles. The van der Waals surface area contributed by atoms with Gasteiger partial charge in [0, 0.05) is 18.7 Å². The smallest absolute Gasteiger partial charge is 0.230 e. The molecule has 0 saturated carbocycles. The summed E-state index contributed by atoms with van der Waals surface area (Å²) in [5.41, 5.74) is 1.89. The summed E-state index contributed by atoms with van der Waals surface area (Å²) >= 11 is 1.34. The highest BCUT2D eigenvalue weighted by atomic mass is 32.2. The number of carbonyl (C=O) groups excluding carboxylic acids is 1. The van der Waals surface area contributed by atoms with Gasteiger partial charge in [0.05, 0.1) is 20.0 Å². The Hall–Kier alpha value is -3.26. The van der Waals surface area contributed by atoms with Gasteiger partial charge in [0.25, 0.3) is 0 Å². The summed E-state index contributed by atoms with van der Waals surface area (Å²) in [5, 5.41) is 12.1. The minimum Gasteiger partial charge on any atom is -0.493 e. The molecule has 156 valence electrons. The van der Waals surface area contributed by atoms with Crippen molar-refractivity contribution in [2.24, 2.45) is 0 Å². The second-order valence-corrected chi connectivity index (χ2v) is 7.27. The van der Waals surface area contributed by atoms with Crippen LogP contribution in [-0.4, -0.2) is 40.6 Å². The number of methoxy groups -OCH3 is 2. The summed E-state index contributed by atoms with van der Waals surface area (Å²) in [6.45, 7) is 4.77. The fourth-order valence-corrected chi connectivity index (χ4v) is 3.64. The van der Waals surface area contributed by atoms with Crippen LogP contribution < -0.4 is 14.8 Å². The number of benzene rings is 2. The monoisotopic (exact) mass is 424 g/mol. The van der Waals surface area contributed by atoms with E-state index in [2.05, 4.69) is 22.1 Å². The molecule has 1 amide bonds. The largest absolute Gasteiger partial charge is 0.493 e. The average Bonchev–Trinajstić information content (AvgIpc) is 3.19. The van der Waals surface area contributed by atoms with E-state index in [1.54, 1.807) is 20.3 Å². The summed E-state index contributed by atoms with van der Waals surface area (Å²) in [6, 6.07) is 15.4. The van der Waals surface area contributed by atoms with Crippen molar-refractivity contribution < 1.29 is 14.3 Å². The lowest BCUT2D eigenvalue weighted by Crippen LogP contribution is -2.24. The quantitative estimate of drug-likeness (QED) is 0.396. The second kappa shape index (κ2) is 10.5. The van der Waals surface area contributed by atoms with E-state index in [0.29, 0.717) is 29.7 Å². The number of thioether (sulfide) groups is 1. The van der Waals surface area contributed by atoms with Crippen LogP contribution in [0.4, 0.5) is 0 Å². The Morgan fingerprint density at radius 2 is 1.90 bits per heavy atom. The first-order valence-corrected chi connectivity index (χ1v) is 10.3. The lowest BCUT2D eigenvalue weighted by molar-refractivity contribution is -0.118. The molecule has 0 aliphatic rings. The minimum absolute atomic E-state index is 0.0933. The summed E-state index contributed by atoms with van der Waals surface area (Å²) in [6.07, 6.45) is 1.79. The minimum atomic E-state index is -0.0933. The van der Waals surface area contributed by atoms with Crippen molar-refractivity contribution >= 4 is 17.7 Å². The molecule has 0 aliphatic carbocycles. The molecule has 1 N–H and O–H groups in total. The third-order valence-corrected chi connectivity index (χ3v) is 5.30. The maximum Gasteiger partial charge on any atom is 0.230 e. The van der Waals surface area contributed by atoms with Gasteiger partial charge in [-0.3, -0.25) is 9.36 Å². The average molecular weight is 425 g/mol. The topological polar surface area (TPSA) is 78.3 Å². The number of carbonyl (C=O) groups is 1. The predicted octanol–water partition coefficient (Wildman–Crippen LogP) is 3.56. The molecule has 8 heteroatoms. The zero-order valence-electron chi connectivity index (χ0n) is 17.0. The van der Waals surface area contributed by atoms with E-state index in [1.165, 1.54) is 11.8 Å². The van der Waals surface area contributed by atoms with E-state index in [9.17, 15) is 4.79 Å². The Labute approximate surface area is 180 Å². The number of hydrogen-bond acceptors (Lipinski definition) is 6. The van der Waals surface area contributed by atoms with E-state index < -0.39 is 0 Å². The normalized spacial score (nSPS) is 10.5. The van der Waals surface area contributed by atoms with Gasteiger partial charge in [-0.1, -0.05) is 54.2 Å². The molecule has 7 nitrogen and oxygen atoms in total. The van der Waals surface area contributed by atoms with Gasteiger partial charge in [0.1, 0.15) is 0 Å². The molecule has 0 radical (unpaired) electrons. The summed E-state index contributed by atoms with van der Waals surface area (Å²) < 4.78 is 12.5. The number of hydrogen-bond donors (Lipinski definition) is 1. The van der Waals surface area contributed by atoms with Gasteiger partial charge in [-0.05, 0) is 17.7 Å². The second-order valence-electron chi connectivity index (χ2n) is 6.33. The standard InChI is InChI=1S/C22H24N4O3S/c1-4-12-26-21(17-8-6-5-7-9-17)24-25-22(26)30-15-20(27)23-14-16-10-11-18(28-2)19(13-16)29-3/h4-11,13H,1,12,14-15H2,2-3H3,(H,23,27). The number of nitrogens with zero attached hydrogens (tertiary/aromatic N) is 3. The van der Waals surface area contributed by atoms with Crippen LogP contribution in [0.25, 0.3) is 11.4 Å². The molecule has 3 aromatic rings. The van der Waals surface area contributed by atoms with Crippen LogP contribution in [0.1, 0.15) is 5.56 Å². The van der Waals surface area contributed by atoms with Crippen molar-refractivity contribution in [1.82, 2.24) is 20.1 Å². The highest BCUT2D eigenvalue weighted by molar-refractivity contribution is 7.99. The van der Waals surface area contributed by atoms with Crippen molar-refractivity contribution in [3.63, 3.8) is 0 Å². The Kier molecular flexibility index (Phi) is 7.51. The van der Waals surface area contributed by atoms with Crippen LogP contribution in [0, 0.1) is 0 Å². The molecule has 2 aromatic carbocycles. The van der Waals surface area contributed by atoms with Crippen molar-refractivity contribution in [3.05, 3.63) is 66.7 Å². The lowest BCUT2D eigenvalue weighted by atomic mass is 10.2. The maximum absolute atomic E-state index is 12.3. The summed E-state index contributed by atoms with van der Waals surface area (Å²) in [4.78, 5) is 12.3. The number of aromatic nitrogens is 3. The van der Waals surface area contributed by atoms with Gasteiger partial charge in [-0.15, -0.1) is 16.8 Å². The van der Waals surface area contributed by atoms with Gasteiger partial charge in [0.15, 0.2) is 22.5 Å². The van der Waals surface area contributed by atoms with Gasteiger partial charge in [-0.25, -0.2) is 0 Å². The molecule has 0 fully saturated rings. The first-order chi connectivity index (χ1) is 14.7. The molecule has 0 spiro atoms. The number of nitrogens with one attached hydrogen (secondary N) is 1. The Morgan fingerprint density at radius 1 is 1.13 bits per heavy atom. The first-order valence-electron chi connectivity index (χ1n) is 9.36. The van der Waals surface area contributed by atoms with Crippen molar-refractivity contribution in [2.45, 2.75) is 18.2 Å². The molecule has 0 bridgehead atoms. The van der Waals surface area contributed by atoms with E-state index >= 15 is 0 Å². The first kappa shape index (κ1) is 21.4. The number of rotatable bonds is 10. The van der Waals surface area contributed by atoms with Crippen LogP contribution in [0.5, 0.6) is 11.5 Å². The highest BCUT2D eigenvalue weighted by Gasteiger charge is 2.15. The van der Waals surface area contributed by atoms with Gasteiger partial charge in [-0.2, -0.15) is 0 Å². The van der Waals surface area contributed by atoms with Crippen LogP contribution in [0.3, 0.4) is 0 Å². The third-order valence-electron chi connectivity index (χ3n) is 4.33. The number of allylic oxidation sites excluding steroid dienone is 1. The molecule has 3 rings (SSSR count). The predicted molar refractivity (Wildman–Crippen MR) is 118 cm³/mol. The maximum atomic E-state index is 12.3. The zero-order chi connectivity index (χ0) is 21.3. The molecule has 0 unspecified atom stereocenters. The van der Waals surface area contributed by atoms with Gasteiger partial charge in [0.2, 0.25) is 5.91 Å². The molecule has 1 heterocycles. The van der Waals surface area contributed by atoms with E-state index in [0.717, 1.165) is 17.0 Å². The molecular formula is C22H24N4O3S. The molecule has 1 aromatic heterocycles. The van der Waals surface area contributed by atoms with Crippen LogP contribution in [-0.2, 0) is 17.9 Å². The van der Waals surface area contributed by atoms with Crippen LogP contribution >= 0.6 is 11.8 Å².